The van der Waals surface area contributed by atoms with Crippen LogP contribution < -0.4 is 25.6 Å². The molecule has 2 heterocycles. The van der Waals surface area contributed by atoms with Crippen molar-refractivity contribution in [2.24, 2.45) is 0 Å². The van der Waals surface area contributed by atoms with Gasteiger partial charge < -0.3 is 34.7 Å². The molecule has 1 aromatic heterocycles. The molecule has 1 aliphatic heterocycles. The van der Waals surface area contributed by atoms with Crippen LogP contribution in [0.15, 0.2) is 47.4 Å². The number of ether oxygens (including phenoxy) is 3. The molecule has 0 aliphatic carbocycles. The average Bonchev–Trinajstić information content (AvgIpc) is 3.24. The molecule has 0 amide bonds. The third-order valence-electron chi connectivity index (χ3n) is 7.26. The van der Waals surface area contributed by atoms with Crippen LogP contribution in [0, 0.1) is 0 Å². The van der Waals surface area contributed by atoms with Crippen molar-refractivity contribution in [1.29, 1.82) is 0 Å². The van der Waals surface area contributed by atoms with Gasteiger partial charge in [-0.15, -0.1) is 0 Å². The first kappa shape index (κ1) is 37.1. The maximum absolute atomic E-state index is 14.2. The summed E-state index contributed by atoms with van der Waals surface area (Å²) < 4.78 is 43.1. The number of hydrogen-bond donors (Lipinski definition) is 5. The molecular formula is C30H46N4O11P+. The molecule has 6 atom stereocenters. The number of aromatic amines is 1. The highest BCUT2D eigenvalue weighted by atomic mass is 31.2. The lowest BCUT2D eigenvalue weighted by Crippen LogP contribution is -2.61. The first-order chi connectivity index (χ1) is 21.9. The number of nitrogens with zero attached hydrogens (tertiary/aromatic N) is 1. The molecule has 15 nitrogen and oxygen atoms in total. The lowest BCUT2D eigenvalue weighted by molar-refractivity contribution is -0.786. The van der Waals surface area contributed by atoms with E-state index in [4.69, 9.17) is 29.0 Å². The van der Waals surface area contributed by atoms with Gasteiger partial charge in [0.2, 0.25) is 6.23 Å². The Bertz CT molecular complexity index is 1370. The molecule has 3 rings (SSSR count). The third kappa shape index (κ3) is 10.6. The zero-order valence-electron chi connectivity index (χ0n) is 26.5. The van der Waals surface area contributed by atoms with E-state index in [9.17, 15) is 29.2 Å². The number of nitrogens with one attached hydrogen (secondary N) is 2. The van der Waals surface area contributed by atoms with Gasteiger partial charge in [-0.25, -0.2) is 4.57 Å². The molecule has 6 N–H and O–H groups in total. The van der Waals surface area contributed by atoms with Crippen LogP contribution in [-0.2, 0) is 32.9 Å². The van der Waals surface area contributed by atoms with Crippen LogP contribution in [-0.4, -0.2) is 70.8 Å². The summed E-state index contributed by atoms with van der Waals surface area (Å²) in [7, 11) is -4.54. The molecule has 0 saturated carbocycles. The van der Waals surface area contributed by atoms with Gasteiger partial charge in [-0.2, -0.15) is 19.4 Å². The number of nitrogens with two attached hydrogens (primary N) is 1. The van der Waals surface area contributed by atoms with Gasteiger partial charge in [-0.05, 0) is 31.9 Å². The normalized spacial score (nSPS) is 22.9. The van der Waals surface area contributed by atoms with Crippen molar-refractivity contribution in [1.82, 2.24) is 10.1 Å². The van der Waals surface area contributed by atoms with Gasteiger partial charge in [0, 0.05) is 6.07 Å². The highest BCUT2D eigenvalue weighted by molar-refractivity contribution is 7.52. The lowest BCUT2D eigenvalue weighted by Gasteiger charge is -2.26. The number of nitrogen functional groups attached to an aromatic ring is 1. The van der Waals surface area contributed by atoms with E-state index in [1.807, 2.05) is 13.8 Å². The first-order valence-electron chi connectivity index (χ1n) is 15.4. The number of para-hydroxylation sites is 1. The van der Waals surface area contributed by atoms with Gasteiger partial charge >= 0.3 is 25.4 Å². The predicted molar refractivity (Wildman–Crippen MR) is 165 cm³/mol. The van der Waals surface area contributed by atoms with Gasteiger partial charge in [0.1, 0.15) is 30.2 Å². The second kappa shape index (κ2) is 17.5. The molecule has 0 bridgehead atoms. The van der Waals surface area contributed by atoms with Crippen LogP contribution in [0.5, 0.6) is 5.75 Å². The number of aliphatic hydroxyl groups is 2. The number of esters is 2. The van der Waals surface area contributed by atoms with E-state index in [1.165, 1.54) is 31.3 Å². The Morgan fingerprint density at radius 1 is 1.11 bits per heavy atom. The largest absolute Gasteiger partial charge is 0.499 e. The second-order valence-electron chi connectivity index (χ2n) is 11.2. The summed E-state index contributed by atoms with van der Waals surface area (Å²) >= 11 is 0. The Morgan fingerprint density at radius 3 is 2.39 bits per heavy atom. The van der Waals surface area contributed by atoms with Crippen molar-refractivity contribution in [3.8, 4) is 5.75 Å². The summed E-state index contributed by atoms with van der Waals surface area (Å²) in [6.07, 6.45) is 1.18. The van der Waals surface area contributed by atoms with E-state index >= 15 is 0 Å². The fourth-order valence-corrected chi connectivity index (χ4v) is 6.16. The number of H-pyrrole nitrogens is 1. The second-order valence-corrected chi connectivity index (χ2v) is 12.9. The fourth-order valence-electron chi connectivity index (χ4n) is 4.66. The molecule has 256 valence electrons. The van der Waals surface area contributed by atoms with Crippen molar-refractivity contribution in [3.05, 3.63) is 53.1 Å². The van der Waals surface area contributed by atoms with E-state index in [-0.39, 0.29) is 24.8 Å². The number of rotatable bonds is 19. The maximum Gasteiger partial charge on any atom is 0.499 e. The predicted octanol–water partition coefficient (Wildman–Crippen LogP) is 2.27. The molecule has 16 heteroatoms. The summed E-state index contributed by atoms with van der Waals surface area (Å²) in [5.41, 5.74) is 2.92. The molecule has 0 spiro atoms. The SMILES string of the molecule is CCCCCOC(=O)C[C@H](N[P@@](=O)(OC[C@H]1O[C@@H]([n+]2ccc(N)[nH]c2=O)[C@](C)(O)[C@@H]1O)Oc1ccccc1)C(=O)OCCCCC. The van der Waals surface area contributed by atoms with Crippen molar-refractivity contribution in [3.63, 3.8) is 0 Å². The number of aliphatic hydroxyl groups excluding tert-OH is 1. The van der Waals surface area contributed by atoms with Crippen LogP contribution >= 0.6 is 7.75 Å². The van der Waals surface area contributed by atoms with Crippen LogP contribution in [0.1, 0.15) is 71.9 Å². The van der Waals surface area contributed by atoms with Crippen molar-refractivity contribution >= 4 is 25.5 Å². The third-order valence-corrected chi connectivity index (χ3v) is 8.83. The minimum Gasteiger partial charge on any atom is -0.466 e. The standard InChI is InChI=1S/C30H45N4O11P/c1-4-6-11-17-41-25(35)19-22(27(37)42-18-12-7-5-2)33-46(40,45-21-13-9-8-10-14-21)43-20-23-26(36)30(3,39)28(44-23)34-16-15-24(31)32-29(34)38/h8-10,13-16,22-23,26,28,36,39H,4-7,11-12,17-20H2,1-3H3,(H3,31,32,33,38,40)/p+1/t22-,23+,26+,28+,30+,46+/m0/s1. The lowest BCUT2D eigenvalue weighted by atomic mass is 9.96. The zero-order valence-corrected chi connectivity index (χ0v) is 27.4. The number of carbonyl (C=O) groups excluding carboxylic acids is 2. The van der Waals surface area contributed by atoms with Gasteiger partial charge in [-0.1, -0.05) is 57.7 Å². The monoisotopic (exact) mass is 669 g/mol. The maximum atomic E-state index is 14.2. The van der Waals surface area contributed by atoms with Gasteiger partial charge in [-0.3, -0.25) is 14.1 Å². The average molecular weight is 670 g/mol. The van der Waals surface area contributed by atoms with Crippen LogP contribution in [0.4, 0.5) is 5.82 Å². The first-order valence-corrected chi connectivity index (χ1v) is 17.0. The Labute approximate surface area is 267 Å². The molecule has 1 aliphatic rings. The summed E-state index contributed by atoms with van der Waals surface area (Å²) in [4.78, 5) is 40.7. The Morgan fingerprint density at radius 2 is 1.76 bits per heavy atom. The van der Waals surface area contributed by atoms with Crippen molar-refractivity contribution in [2.45, 2.75) is 95.8 Å². The molecule has 46 heavy (non-hydrogen) atoms. The van der Waals surface area contributed by atoms with Crippen LogP contribution in [0.25, 0.3) is 0 Å². The Balaban J connectivity index is 1.82. The summed E-state index contributed by atoms with van der Waals surface area (Å²) in [5.74, 6) is -1.39. The number of unbranched alkanes of at least 4 members (excludes halogenated alkanes) is 4. The highest BCUT2D eigenvalue weighted by Gasteiger charge is 2.56. The minimum atomic E-state index is -4.54. The van der Waals surface area contributed by atoms with E-state index in [0.717, 1.165) is 30.3 Å². The number of hydrogen-bond acceptors (Lipinski definition) is 12. The Hall–Kier alpha value is -3.33. The summed E-state index contributed by atoms with van der Waals surface area (Å²) in [6, 6.07) is 7.86. The smallest absolute Gasteiger partial charge is 0.466 e. The van der Waals surface area contributed by atoms with Gasteiger partial charge in [0.05, 0.1) is 26.2 Å². The topological polar surface area (TPSA) is 213 Å². The molecule has 1 fully saturated rings. The molecule has 0 radical (unpaired) electrons. The Kier molecular flexibility index (Phi) is 14.2. The quantitative estimate of drug-likeness (QED) is 0.0629. The summed E-state index contributed by atoms with van der Waals surface area (Å²) in [6.45, 7) is 4.88. The number of aromatic nitrogens is 2. The van der Waals surface area contributed by atoms with E-state index in [0.29, 0.717) is 12.8 Å². The number of carbonyl (C=O) groups is 2. The van der Waals surface area contributed by atoms with Crippen molar-refractivity contribution < 1.29 is 52.2 Å². The molecule has 1 aromatic carbocycles. The molecule has 2 aromatic rings. The van der Waals surface area contributed by atoms with Crippen LogP contribution in [0.2, 0.25) is 0 Å². The number of anilines is 1. The molecule has 1 saturated heterocycles. The molecule has 0 unspecified atom stereocenters. The minimum absolute atomic E-state index is 0.0766. The van der Waals surface area contributed by atoms with E-state index in [2.05, 4.69) is 10.1 Å². The van der Waals surface area contributed by atoms with Crippen molar-refractivity contribution in [2.75, 3.05) is 25.6 Å². The summed E-state index contributed by atoms with van der Waals surface area (Å²) in [5, 5.41) is 24.6. The highest BCUT2D eigenvalue weighted by Crippen LogP contribution is 2.46. The molecular weight excluding hydrogens is 623 g/mol. The number of benzene rings is 1. The van der Waals surface area contributed by atoms with Gasteiger partial charge in [0.15, 0.2) is 11.4 Å². The fraction of sp³-hybridized carbons (Fsp3) is 0.600. The zero-order chi connectivity index (χ0) is 33.7. The van der Waals surface area contributed by atoms with Crippen LogP contribution in [0.3, 0.4) is 0 Å². The van der Waals surface area contributed by atoms with E-state index in [1.54, 1.807) is 18.2 Å². The van der Waals surface area contributed by atoms with E-state index < -0.39 is 68.5 Å². The van der Waals surface area contributed by atoms with Gasteiger partial charge in [0.25, 0.3) is 0 Å².